The molecule has 1 N–H and O–H groups in total. The number of aliphatic hydroxyl groups is 1. The van der Waals surface area contributed by atoms with E-state index in [0.717, 1.165) is 5.56 Å². The van der Waals surface area contributed by atoms with Crippen LogP contribution in [0.3, 0.4) is 0 Å². The van der Waals surface area contributed by atoms with Crippen LogP contribution in [0.1, 0.15) is 43.9 Å². The van der Waals surface area contributed by atoms with Crippen LogP contribution in [0.4, 0.5) is 0 Å². The van der Waals surface area contributed by atoms with Crippen LogP contribution in [-0.2, 0) is 16.0 Å². The molecule has 1 aliphatic rings. The van der Waals surface area contributed by atoms with Gasteiger partial charge < -0.3 is 19.5 Å². The van der Waals surface area contributed by atoms with Gasteiger partial charge in [-0.2, -0.15) is 0 Å². The normalized spacial score (nSPS) is 16.0. The monoisotopic (exact) mass is 423 g/mol. The molecule has 2 aromatic rings. The van der Waals surface area contributed by atoms with Crippen molar-refractivity contribution in [2.75, 3.05) is 20.3 Å². The van der Waals surface area contributed by atoms with Gasteiger partial charge >= 0.3 is 0 Å². The molecule has 31 heavy (non-hydrogen) atoms. The molecule has 0 saturated heterocycles. The van der Waals surface area contributed by atoms with Gasteiger partial charge in [-0.1, -0.05) is 43.3 Å². The van der Waals surface area contributed by atoms with Crippen LogP contribution in [0.5, 0.6) is 11.5 Å². The van der Waals surface area contributed by atoms with Crippen molar-refractivity contribution in [2.45, 2.75) is 39.2 Å². The van der Waals surface area contributed by atoms with E-state index in [1.54, 1.807) is 24.1 Å². The summed E-state index contributed by atoms with van der Waals surface area (Å²) in [5, 5.41) is 10.6. The number of hydrogen-bond acceptors (Lipinski definition) is 5. The third kappa shape index (κ3) is 4.74. The van der Waals surface area contributed by atoms with Gasteiger partial charge in [-0.15, -0.1) is 0 Å². The molecule has 0 radical (unpaired) electrons. The number of ketones is 1. The van der Waals surface area contributed by atoms with Crippen molar-refractivity contribution in [3.63, 3.8) is 0 Å². The van der Waals surface area contributed by atoms with E-state index < -0.39 is 17.7 Å². The van der Waals surface area contributed by atoms with Crippen LogP contribution < -0.4 is 9.47 Å². The van der Waals surface area contributed by atoms with E-state index in [-0.39, 0.29) is 17.8 Å². The molecule has 1 amide bonds. The number of amides is 1. The minimum absolute atomic E-state index is 0.153. The molecule has 2 aromatic carbocycles. The topological polar surface area (TPSA) is 76.1 Å². The summed E-state index contributed by atoms with van der Waals surface area (Å²) in [6.45, 7) is 4.76. The summed E-state index contributed by atoms with van der Waals surface area (Å²) in [5.74, 6) is -0.0886. The van der Waals surface area contributed by atoms with Gasteiger partial charge in [-0.25, -0.2) is 0 Å². The zero-order chi connectivity index (χ0) is 22.4. The molecule has 1 aliphatic heterocycles. The Hall–Kier alpha value is -3.28. The first-order valence-corrected chi connectivity index (χ1v) is 10.6. The first-order valence-electron chi connectivity index (χ1n) is 10.6. The lowest BCUT2D eigenvalue weighted by Gasteiger charge is -2.27. The van der Waals surface area contributed by atoms with Crippen LogP contribution in [-0.4, -0.2) is 42.0 Å². The lowest BCUT2D eigenvalue weighted by Crippen LogP contribution is -2.31. The Morgan fingerprint density at radius 1 is 1.10 bits per heavy atom. The average molecular weight is 424 g/mol. The second-order valence-corrected chi connectivity index (χ2v) is 7.42. The highest BCUT2D eigenvalue weighted by Gasteiger charge is 2.43. The molecule has 0 aromatic heterocycles. The predicted molar refractivity (Wildman–Crippen MR) is 118 cm³/mol. The summed E-state index contributed by atoms with van der Waals surface area (Å²) in [7, 11) is 1.55. The Morgan fingerprint density at radius 2 is 1.84 bits per heavy atom. The SMILES string of the molecule is CCCN1C(=O)C(O)=C(C(=O)CCc2ccccc2)C1c1ccc(OCC)c(OC)c1. The summed E-state index contributed by atoms with van der Waals surface area (Å²) in [4.78, 5) is 27.5. The molecule has 6 nitrogen and oxygen atoms in total. The molecule has 1 atom stereocenters. The zero-order valence-corrected chi connectivity index (χ0v) is 18.3. The third-order valence-electron chi connectivity index (χ3n) is 5.36. The molecular weight excluding hydrogens is 394 g/mol. The number of nitrogens with zero attached hydrogens (tertiary/aromatic N) is 1. The van der Waals surface area contributed by atoms with E-state index in [9.17, 15) is 14.7 Å². The molecule has 0 aliphatic carbocycles. The molecule has 3 rings (SSSR count). The number of Topliss-reactive ketones (excluding diaryl/α,β-unsaturated/α-hetero) is 1. The van der Waals surface area contributed by atoms with Crippen molar-refractivity contribution in [1.29, 1.82) is 0 Å². The standard InChI is InChI=1S/C25H29NO5/c1-4-15-26-23(18-12-14-20(31-5-2)21(16-18)30-3)22(24(28)25(26)29)19(27)13-11-17-9-7-6-8-10-17/h6-10,12,14,16,23,28H,4-5,11,13,15H2,1-3H3. The molecule has 164 valence electrons. The summed E-state index contributed by atoms with van der Waals surface area (Å²) >= 11 is 0. The summed E-state index contributed by atoms with van der Waals surface area (Å²) in [6, 6.07) is 14.4. The Balaban J connectivity index is 1.95. The lowest BCUT2D eigenvalue weighted by atomic mass is 9.93. The number of methoxy groups -OCH3 is 1. The molecule has 1 heterocycles. The van der Waals surface area contributed by atoms with E-state index in [0.29, 0.717) is 43.1 Å². The van der Waals surface area contributed by atoms with Gasteiger partial charge in [-0.3, -0.25) is 9.59 Å². The van der Waals surface area contributed by atoms with Gasteiger partial charge in [0.25, 0.3) is 5.91 Å². The average Bonchev–Trinajstić information content (AvgIpc) is 3.04. The number of aliphatic hydroxyl groups excluding tert-OH is 1. The van der Waals surface area contributed by atoms with Gasteiger partial charge in [0.1, 0.15) is 0 Å². The van der Waals surface area contributed by atoms with Crippen molar-refractivity contribution >= 4 is 11.7 Å². The van der Waals surface area contributed by atoms with E-state index in [1.165, 1.54) is 0 Å². The van der Waals surface area contributed by atoms with Crippen molar-refractivity contribution in [1.82, 2.24) is 4.90 Å². The Labute approximate surface area is 183 Å². The van der Waals surface area contributed by atoms with E-state index >= 15 is 0 Å². The molecule has 0 saturated carbocycles. The summed E-state index contributed by atoms with van der Waals surface area (Å²) in [5.41, 5.74) is 1.89. The second kappa shape index (κ2) is 10.2. The minimum Gasteiger partial charge on any atom is -0.503 e. The summed E-state index contributed by atoms with van der Waals surface area (Å²) < 4.78 is 11.0. The van der Waals surface area contributed by atoms with E-state index in [4.69, 9.17) is 9.47 Å². The van der Waals surface area contributed by atoms with Gasteiger partial charge in [0, 0.05) is 13.0 Å². The molecule has 6 heteroatoms. The Bertz CT molecular complexity index is 967. The number of carbonyl (C=O) groups excluding carboxylic acids is 2. The smallest absolute Gasteiger partial charge is 0.290 e. The van der Waals surface area contributed by atoms with Gasteiger partial charge in [0.15, 0.2) is 23.0 Å². The number of aryl methyl sites for hydroxylation is 1. The highest BCUT2D eigenvalue weighted by Crippen LogP contribution is 2.41. The second-order valence-electron chi connectivity index (χ2n) is 7.42. The first-order chi connectivity index (χ1) is 15.0. The van der Waals surface area contributed by atoms with Crippen LogP contribution in [0.2, 0.25) is 0 Å². The fourth-order valence-corrected chi connectivity index (χ4v) is 3.92. The molecule has 0 fully saturated rings. The van der Waals surface area contributed by atoms with Crippen LogP contribution >= 0.6 is 0 Å². The highest BCUT2D eigenvalue weighted by molar-refractivity contribution is 6.09. The minimum atomic E-state index is -0.653. The quantitative estimate of drug-likeness (QED) is 0.613. The fraction of sp³-hybridized carbons (Fsp3) is 0.360. The maximum atomic E-state index is 13.2. The van der Waals surface area contributed by atoms with Gasteiger partial charge in [0.05, 0.1) is 25.3 Å². The van der Waals surface area contributed by atoms with Crippen LogP contribution in [0.15, 0.2) is 59.9 Å². The number of carbonyl (C=O) groups is 2. The van der Waals surface area contributed by atoms with Crippen molar-refractivity contribution in [3.8, 4) is 11.5 Å². The maximum Gasteiger partial charge on any atom is 0.290 e. The third-order valence-corrected chi connectivity index (χ3v) is 5.36. The van der Waals surface area contributed by atoms with E-state index in [2.05, 4.69) is 0 Å². The maximum absolute atomic E-state index is 13.2. The molecular formula is C25H29NO5. The number of hydrogen-bond donors (Lipinski definition) is 1. The predicted octanol–water partition coefficient (Wildman–Crippen LogP) is 4.40. The largest absolute Gasteiger partial charge is 0.503 e. The first kappa shape index (κ1) is 22.4. The number of ether oxygens (including phenoxy) is 2. The van der Waals surface area contributed by atoms with Crippen molar-refractivity contribution in [2.24, 2.45) is 0 Å². The molecule has 0 spiro atoms. The lowest BCUT2D eigenvalue weighted by molar-refractivity contribution is -0.129. The van der Waals surface area contributed by atoms with Crippen molar-refractivity contribution < 1.29 is 24.2 Å². The Morgan fingerprint density at radius 3 is 2.48 bits per heavy atom. The van der Waals surface area contributed by atoms with Crippen LogP contribution in [0.25, 0.3) is 0 Å². The van der Waals surface area contributed by atoms with Gasteiger partial charge in [0.2, 0.25) is 0 Å². The number of rotatable bonds is 10. The van der Waals surface area contributed by atoms with Crippen LogP contribution in [0, 0.1) is 0 Å². The fourth-order valence-electron chi connectivity index (χ4n) is 3.92. The van der Waals surface area contributed by atoms with E-state index in [1.807, 2.05) is 50.2 Å². The number of benzene rings is 2. The Kier molecular flexibility index (Phi) is 7.34. The molecule has 0 bridgehead atoms. The zero-order valence-electron chi connectivity index (χ0n) is 18.3. The highest BCUT2D eigenvalue weighted by atomic mass is 16.5. The summed E-state index contributed by atoms with van der Waals surface area (Å²) in [6.07, 6.45) is 1.45. The van der Waals surface area contributed by atoms with Gasteiger partial charge in [-0.05, 0) is 43.0 Å². The molecule has 1 unspecified atom stereocenters. The van der Waals surface area contributed by atoms with Crippen molar-refractivity contribution in [3.05, 3.63) is 71.0 Å².